The largest absolute Gasteiger partial charge is 0.486 e. The molecule has 1 saturated heterocycles. The highest BCUT2D eigenvalue weighted by molar-refractivity contribution is 5.43. The molecule has 0 bridgehead atoms. The third-order valence-electron chi connectivity index (χ3n) is 4.47. The first kappa shape index (κ1) is 14.5. The van der Waals surface area contributed by atoms with E-state index in [-0.39, 0.29) is 12.0 Å². The molecule has 0 spiro atoms. The monoisotopic (exact) mass is 316 g/mol. The van der Waals surface area contributed by atoms with Crippen molar-refractivity contribution in [3.05, 3.63) is 35.7 Å². The quantitative estimate of drug-likeness (QED) is 0.913. The molecule has 7 nitrogen and oxygen atoms in total. The van der Waals surface area contributed by atoms with Crippen molar-refractivity contribution < 1.29 is 14.2 Å². The fraction of sp³-hybridized carbons (Fsp3) is 0.500. The van der Waals surface area contributed by atoms with Gasteiger partial charge in [0.05, 0.1) is 18.0 Å². The molecule has 2 aliphatic heterocycles. The number of H-pyrrole nitrogens is 1. The topological polar surface area (TPSA) is 72.5 Å². The summed E-state index contributed by atoms with van der Waals surface area (Å²) in [5, 5.41) is 10.8. The molecule has 0 radical (unpaired) electrons. The van der Waals surface area contributed by atoms with Crippen molar-refractivity contribution in [1.29, 1.82) is 0 Å². The maximum Gasteiger partial charge on any atom is 0.161 e. The summed E-state index contributed by atoms with van der Waals surface area (Å²) in [5.41, 5.74) is 2.17. The average molecular weight is 316 g/mol. The van der Waals surface area contributed by atoms with Gasteiger partial charge < -0.3 is 14.2 Å². The lowest BCUT2D eigenvalue weighted by Crippen LogP contribution is -2.23. The summed E-state index contributed by atoms with van der Waals surface area (Å²) >= 11 is 0. The van der Waals surface area contributed by atoms with Gasteiger partial charge in [-0.05, 0) is 17.7 Å². The summed E-state index contributed by atoms with van der Waals surface area (Å²) < 4.78 is 16.9. The van der Waals surface area contributed by atoms with E-state index in [1.807, 2.05) is 6.07 Å². The van der Waals surface area contributed by atoms with Gasteiger partial charge in [0, 0.05) is 32.7 Å². The maximum absolute atomic E-state index is 5.66. The fourth-order valence-corrected chi connectivity index (χ4v) is 3.34. The third kappa shape index (κ3) is 2.89. The Morgan fingerprint density at radius 2 is 2.13 bits per heavy atom. The number of likely N-dealkylation sites (tertiary alicyclic amines) is 1. The number of methoxy groups -OCH3 is 1. The van der Waals surface area contributed by atoms with Crippen molar-refractivity contribution in [2.45, 2.75) is 18.6 Å². The summed E-state index contributed by atoms with van der Waals surface area (Å²) in [4.78, 5) is 2.37. The third-order valence-corrected chi connectivity index (χ3v) is 4.47. The van der Waals surface area contributed by atoms with E-state index in [2.05, 4.69) is 32.4 Å². The van der Waals surface area contributed by atoms with Crippen LogP contribution in [-0.2, 0) is 11.3 Å². The number of fused-ring (bicyclic) bond motifs is 1. The minimum Gasteiger partial charge on any atom is -0.486 e. The molecule has 7 heteroatoms. The molecule has 1 N–H and O–H groups in total. The molecule has 0 saturated carbocycles. The van der Waals surface area contributed by atoms with Crippen LogP contribution in [0.2, 0.25) is 0 Å². The van der Waals surface area contributed by atoms with Gasteiger partial charge in [0.1, 0.15) is 13.2 Å². The van der Waals surface area contributed by atoms with Gasteiger partial charge in [-0.2, -0.15) is 15.4 Å². The molecule has 2 atom stereocenters. The van der Waals surface area contributed by atoms with Crippen molar-refractivity contribution in [3.8, 4) is 11.5 Å². The van der Waals surface area contributed by atoms with Gasteiger partial charge in [0.25, 0.3) is 0 Å². The number of rotatable bonds is 4. The van der Waals surface area contributed by atoms with Gasteiger partial charge in [0.15, 0.2) is 11.5 Å². The zero-order valence-electron chi connectivity index (χ0n) is 13.1. The first-order valence-corrected chi connectivity index (χ1v) is 7.83. The number of hydrogen-bond acceptors (Lipinski definition) is 6. The summed E-state index contributed by atoms with van der Waals surface area (Å²) in [6.45, 7) is 3.86. The van der Waals surface area contributed by atoms with Crippen LogP contribution in [0.25, 0.3) is 0 Å². The van der Waals surface area contributed by atoms with E-state index in [0.717, 1.165) is 36.8 Å². The van der Waals surface area contributed by atoms with Crippen LogP contribution < -0.4 is 9.47 Å². The molecule has 4 rings (SSSR count). The lowest BCUT2D eigenvalue weighted by atomic mass is 10.0. The summed E-state index contributed by atoms with van der Waals surface area (Å²) in [6, 6.07) is 6.15. The van der Waals surface area contributed by atoms with E-state index in [1.54, 1.807) is 13.3 Å². The fourth-order valence-electron chi connectivity index (χ4n) is 3.34. The van der Waals surface area contributed by atoms with E-state index >= 15 is 0 Å². The lowest BCUT2D eigenvalue weighted by Gasteiger charge is -2.20. The lowest BCUT2D eigenvalue weighted by molar-refractivity contribution is 0.0957. The van der Waals surface area contributed by atoms with Crippen molar-refractivity contribution in [1.82, 2.24) is 20.3 Å². The summed E-state index contributed by atoms with van der Waals surface area (Å²) in [6.07, 6.45) is 1.92. The van der Waals surface area contributed by atoms with Crippen LogP contribution >= 0.6 is 0 Å². The van der Waals surface area contributed by atoms with Crippen LogP contribution in [0.4, 0.5) is 0 Å². The second-order valence-electron chi connectivity index (χ2n) is 5.95. The normalized spacial score (nSPS) is 24.0. The van der Waals surface area contributed by atoms with Crippen molar-refractivity contribution in [2.24, 2.45) is 0 Å². The second-order valence-corrected chi connectivity index (χ2v) is 5.95. The predicted molar refractivity (Wildman–Crippen MR) is 82.6 cm³/mol. The summed E-state index contributed by atoms with van der Waals surface area (Å²) in [7, 11) is 1.76. The van der Waals surface area contributed by atoms with Crippen molar-refractivity contribution in [2.75, 3.05) is 33.4 Å². The molecule has 1 fully saturated rings. The van der Waals surface area contributed by atoms with Crippen LogP contribution in [0.15, 0.2) is 24.4 Å². The van der Waals surface area contributed by atoms with Crippen LogP contribution in [0.1, 0.15) is 17.2 Å². The number of aromatic nitrogens is 3. The second kappa shape index (κ2) is 6.17. The molecular weight excluding hydrogens is 296 g/mol. The Labute approximate surface area is 134 Å². The van der Waals surface area contributed by atoms with Gasteiger partial charge >= 0.3 is 0 Å². The molecule has 2 aliphatic rings. The highest BCUT2D eigenvalue weighted by Gasteiger charge is 2.35. The smallest absolute Gasteiger partial charge is 0.161 e. The van der Waals surface area contributed by atoms with Crippen LogP contribution in [0.3, 0.4) is 0 Å². The Kier molecular flexibility index (Phi) is 3.88. The van der Waals surface area contributed by atoms with Gasteiger partial charge in [-0.1, -0.05) is 6.07 Å². The molecule has 122 valence electrons. The molecule has 0 amide bonds. The van der Waals surface area contributed by atoms with E-state index in [9.17, 15) is 0 Å². The van der Waals surface area contributed by atoms with E-state index in [1.165, 1.54) is 5.56 Å². The Morgan fingerprint density at radius 1 is 1.26 bits per heavy atom. The SMILES string of the molecule is CO[C@@H]1CN(Cc2ccc3c(c2)OCCO3)C[C@H]1c1cn[nH]n1. The molecule has 0 unspecified atom stereocenters. The number of benzene rings is 1. The van der Waals surface area contributed by atoms with E-state index in [0.29, 0.717) is 13.2 Å². The molecule has 1 aromatic carbocycles. The molecule has 0 aliphatic carbocycles. The zero-order valence-corrected chi connectivity index (χ0v) is 13.1. The highest BCUT2D eigenvalue weighted by atomic mass is 16.6. The van der Waals surface area contributed by atoms with E-state index in [4.69, 9.17) is 14.2 Å². The Balaban J connectivity index is 1.47. The summed E-state index contributed by atoms with van der Waals surface area (Å²) in [5.74, 6) is 1.91. The Bertz CT molecular complexity index is 661. The molecular formula is C16H20N4O3. The Morgan fingerprint density at radius 3 is 2.91 bits per heavy atom. The van der Waals surface area contributed by atoms with Gasteiger partial charge in [-0.3, -0.25) is 4.90 Å². The number of nitrogens with one attached hydrogen (secondary N) is 1. The van der Waals surface area contributed by atoms with Gasteiger partial charge in [0.2, 0.25) is 0 Å². The Hall–Kier alpha value is -2.12. The van der Waals surface area contributed by atoms with Crippen LogP contribution in [0.5, 0.6) is 11.5 Å². The van der Waals surface area contributed by atoms with Gasteiger partial charge in [-0.15, -0.1) is 0 Å². The molecule has 1 aromatic heterocycles. The standard InChI is InChI=1S/C16H20N4O3/c1-21-16-10-20(9-12(16)13-7-17-19-18-13)8-11-2-3-14-15(6-11)23-5-4-22-14/h2-3,6-7,12,16H,4-5,8-10H2,1H3,(H,17,18,19)/t12-,16+/m0/s1. The van der Waals surface area contributed by atoms with Crippen molar-refractivity contribution >= 4 is 0 Å². The first-order valence-electron chi connectivity index (χ1n) is 7.83. The molecule has 2 aromatic rings. The average Bonchev–Trinajstić information content (AvgIpc) is 3.23. The van der Waals surface area contributed by atoms with Crippen molar-refractivity contribution in [3.63, 3.8) is 0 Å². The number of hydrogen-bond donors (Lipinski definition) is 1. The highest BCUT2D eigenvalue weighted by Crippen LogP contribution is 2.33. The zero-order chi connectivity index (χ0) is 15.6. The predicted octanol–water partition coefficient (Wildman–Crippen LogP) is 1.19. The molecule has 3 heterocycles. The van der Waals surface area contributed by atoms with E-state index < -0.39 is 0 Å². The minimum atomic E-state index is 0.136. The number of ether oxygens (including phenoxy) is 3. The maximum atomic E-state index is 5.66. The number of aromatic amines is 1. The molecule has 23 heavy (non-hydrogen) atoms. The van der Waals surface area contributed by atoms with Crippen LogP contribution in [-0.4, -0.2) is 59.8 Å². The first-order chi connectivity index (χ1) is 11.3. The number of nitrogens with zero attached hydrogens (tertiary/aromatic N) is 3. The van der Waals surface area contributed by atoms with Crippen LogP contribution in [0, 0.1) is 0 Å². The van der Waals surface area contributed by atoms with Gasteiger partial charge in [-0.25, -0.2) is 0 Å². The minimum absolute atomic E-state index is 0.136.